The highest BCUT2D eigenvalue weighted by Gasteiger charge is 2.25. The van der Waals surface area contributed by atoms with Gasteiger partial charge in [-0.15, -0.1) is 11.3 Å². The standard InChI is InChI=1S/C29H34ClN3O3S/c1-19(18-33(3)4)26(35)13-11-24(15-21-8-6-5-7-9-21)31-29(36)22(14-20(2)34)16-28-32-25-12-10-23(30)17-27(25)37-28/h5-10,12,17,22,24H,1,11,13-16,18H2,2-4H3,(H,31,36)/t22-,24+/m0/s1. The second-order valence-electron chi connectivity index (χ2n) is 9.73. The molecule has 1 aromatic heterocycles. The van der Waals surface area contributed by atoms with Gasteiger partial charge >= 0.3 is 0 Å². The molecule has 2 aromatic carbocycles. The number of thiazole rings is 1. The maximum Gasteiger partial charge on any atom is 0.224 e. The van der Waals surface area contributed by atoms with Crippen LogP contribution >= 0.6 is 22.9 Å². The Morgan fingerprint density at radius 2 is 1.84 bits per heavy atom. The van der Waals surface area contributed by atoms with Gasteiger partial charge in [0, 0.05) is 42.4 Å². The van der Waals surface area contributed by atoms with Crippen LogP contribution in [0.5, 0.6) is 0 Å². The number of rotatable bonds is 14. The summed E-state index contributed by atoms with van der Waals surface area (Å²) in [6.07, 6.45) is 1.85. The minimum absolute atomic E-state index is 0.00515. The third-order valence-electron chi connectivity index (χ3n) is 6.01. The summed E-state index contributed by atoms with van der Waals surface area (Å²) in [5.41, 5.74) is 2.45. The van der Waals surface area contributed by atoms with E-state index in [1.165, 1.54) is 18.3 Å². The molecule has 0 saturated carbocycles. The van der Waals surface area contributed by atoms with Gasteiger partial charge in [-0.25, -0.2) is 4.98 Å². The zero-order valence-corrected chi connectivity index (χ0v) is 23.2. The minimum Gasteiger partial charge on any atom is -0.353 e. The second-order valence-corrected chi connectivity index (χ2v) is 11.3. The first-order valence-electron chi connectivity index (χ1n) is 12.3. The van der Waals surface area contributed by atoms with E-state index in [2.05, 4.69) is 16.9 Å². The zero-order chi connectivity index (χ0) is 26.9. The number of Topliss-reactive ketones (excluding diaryl/α,β-unsaturated/α-hetero) is 2. The van der Waals surface area contributed by atoms with E-state index in [1.807, 2.05) is 61.5 Å². The number of benzene rings is 2. The Morgan fingerprint density at radius 1 is 1.11 bits per heavy atom. The number of carbonyl (C=O) groups is 3. The molecule has 3 aromatic rings. The SMILES string of the molecule is C=C(CN(C)C)C(=O)CC[C@H](Cc1ccccc1)NC(=O)[C@@H](CC(C)=O)Cc1nc2ccc(Cl)cc2s1. The lowest BCUT2D eigenvalue weighted by Gasteiger charge is -2.23. The van der Waals surface area contributed by atoms with E-state index >= 15 is 0 Å². The molecule has 1 N–H and O–H groups in total. The van der Waals surface area contributed by atoms with Gasteiger partial charge in [0.25, 0.3) is 0 Å². The molecule has 196 valence electrons. The summed E-state index contributed by atoms with van der Waals surface area (Å²) in [5, 5.41) is 4.56. The molecule has 3 rings (SSSR count). The maximum atomic E-state index is 13.5. The van der Waals surface area contributed by atoms with Gasteiger partial charge in [-0.3, -0.25) is 9.59 Å². The summed E-state index contributed by atoms with van der Waals surface area (Å²) in [5.74, 6) is -0.812. The van der Waals surface area contributed by atoms with E-state index in [1.54, 1.807) is 6.07 Å². The van der Waals surface area contributed by atoms with Gasteiger partial charge in [-0.05, 0) is 57.6 Å². The van der Waals surface area contributed by atoms with Crippen LogP contribution in [0.2, 0.25) is 5.02 Å². The first-order chi connectivity index (χ1) is 17.6. The number of hydrogen-bond acceptors (Lipinski definition) is 6. The summed E-state index contributed by atoms with van der Waals surface area (Å²) in [4.78, 5) is 44.7. The van der Waals surface area contributed by atoms with E-state index in [4.69, 9.17) is 11.6 Å². The lowest BCUT2D eigenvalue weighted by molar-refractivity contribution is -0.129. The van der Waals surface area contributed by atoms with Gasteiger partial charge < -0.3 is 15.0 Å². The van der Waals surface area contributed by atoms with E-state index < -0.39 is 5.92 Å². The summed E-state index contributed by atoms with van der Waals surface area (Å²) in [7, 11) is 3.79. The number of likely N-dealkylation sites (N-methyl/N-ethyl adjacent to an activating group) is 1. The number of nitrogens with one attached hydrogen (secondary N) is 1. The van der Waals surface area contributed by atoms with E-state index in [9.17, 15) is 14.4 Å². The molecule has 37 heavy (non-hydrogen) atoms. The fourth-order valence-electron chi connectivity index (χ4n) is 4.24. The largest absolute Gasteiger partial charge is 0.353 e. The summed E-state index contributed by atoms with van der Waals surface area (Å²) in [6.45, 7) is 5.92. The first kappa shape index (κ1) is 28.7. The lowest BCUT2D eigenvalue weighted by Crippen LogP contribution is -2.41. The molecule has 0 fully saturated rings. The maximum absolute atomic E-state index is 13.5. The van der Waals surface area contributed by atoms with Crippen LogP contribution in [0.15, 0.2) is 60.7 Å². The van der Waals surface area contributed by atoms with Crippen LogP contribution in [0.3, 0.4) is 0 Å². The van der Waals surface area contributed by atoms with E-state index in [0.717, 1.165) is 20.8 Å². The summed E-state index contributed by atoms with van der Waals surface area (Å²) in [6, 6.07) is 15.1. The van der Waals surface area contributed by atoms with Crippen molar-refractivity contribution in [3.05, 3.63) is 76.3 Å². The third-order valence-corrected chi connectivity index (χ3v) is 7.29. The zero-order valence-electron chi connectivity index (χ0n) is 21.6. The predicted molar refractivity (Wildman–Crippen MR) is 151 cm³/mol. The van der Waals surface area contributed by atoms with Crippen LogP contribution in [0.4, 0.5) is 0 Å². The molecule has 6 nitrogen and oxygen atoms in total. The third kappa shape index (κ3) is 9.18. The normalized spacial score (nSPS) is 12.9. The van der Waals surface area contributed by atoms with Gasteiger partial charge in [-0.1, -0.05) is 48.5 Å². The molecule has 0 bridgehead atoms. The van der Waals surface area contributed by atoms with Crippen molar-refractivity contribution in [2.75, 3.05) is 20.6 Å². The number of ketones is 2. The number of fused-ring (bicyclic) bond motifs is 1. The number of hydrogen-bond donors (Lipinski definition) is 1. The fraction of sp³-hybridized carbons (Fsp3) is 0.379. The molecular formula is C29H34ClN3O3S. The summed E-state index contributed by atoms with van der Waals surface area (Å²) >= 11 is 7.59. The summed E-state index contributed by atoms with van der Waals surface area (Å²) < 4.78 is 0.947. The highest BCUT2D eigenvalue weighted by Crippen LogP contribution is 2.27. The molecule has 0 unspecified atom stereocenters. The van der Waals surface area contributed by atoms with Crippen molar-refractivity contribution < 1.29 is 14.4 Å². The van der Waals surface area contributed by atoms with Crippen LogP contribution < -0.4 is 5.32 Å². The van der Waals surface area contributed by atoms with Crippen molar-refractivity contribution in [2.45, 2.75) is 45.1 Å². The fourth-order valence-corrected chi connectivity index (χ4v) is 5.57. The minimum atomic E-state index is -0.550. The molecule has 0 aliphatic heterocycles. The Morgan fingerprint density at radius 3 is 2.51 bits per heavy atom. The molecule has 8 heteroatoms. The predicted octanol–water partition coefficient (Wildman–Crippen LogP) is 5.28. The molecule has 0 spiro atoms. The van der Waals surface area contributed by atoms with E-state index in [0.29, 0.717) is 42.8 Å². The van der Waals surface area contributed by atoms with Crippen LogP contribution in [0.25, 0.3) is 10.2 Å². The Kier molecular flexibility index (Phi) is 10.6. The Hall–Kier alpha value is -2.87. The van der Waals surface area contributed by atoms with E-state index in [-0.39, 0.29) is 29.9 Å². The highest BCUT2D eigenvalue weighted by atomic mass is 35.5. The van der Waals surface area contributed by atoms with Crippen molar-refractivity contribution >= 4 is 50.6 Å². The van der Waals surface area contributed by atoms with Gasteiger partial charge in [0.05, 0.1) is 21.1 Å². The molecule has 0 aliphatic carbocycles. The van der Waals surface area contributed by atoms with Crippen molar-refractivity contribution in [3.63, 3.8) is 0 Å². The van der Waals surface area contributed by atoms with Crippen LogP contribution in [0, 0.1) is 5.92 Å². The second kappa shape index (κ2) is 13.6. The number of aromatic nitrogens is 1. The van der Waals surface area contributed by atoms with Crippen LogP contribution in [-0.4, -0.2) is 54.0 Å². The van der Waals surface area contributed by atoms with Crippen molar-refractivity contribution in [1.82, 2.24) is 15.2 Å². The molecule has 2 atom stereocenters. The van der Waals surface area contributed by atoms with Crippen LogP contribution in [0.1, 0.15) is 36.8 Å². The van der Waals surface area contributed by atoms with Gasteiger partial charge in [0.2, 0.25) is 5.91 Å². The van der Waals surface area contributed by atoms with Gasteiger partial charge in [0.1, 0.15) is 5.78 Å². The quantitative estimate of drug-likeness (QED) is 0.282. The Labute approximate surface area is 227 Å². The van der Waals surface area contributed by atoms with Crippen molar-refractivity contribution in [2.24, 2.45) is 5.92 Å². The molecule has 1 amide bonds. The van der Waals surface area contributed by atoms with Gasteiger partial charge in [0.15, 0.2) is 5.78 Å². The molecule has 0 radical (unpaired) electrons. The molecule has 0 saturated heterocycles. The Balaban J connectivity index is 1.74. The number of amides is 1. The molecule has 0 aliphatic rings. The monoisotopic (exact) mass is 539 g/mol. The number of carbonyl (C=O) groups excluding carboxylic acids is 3. The molecule has 1 heterocycles. The first-order valence-corrected chi connectivity index (χ1v) is 13.5. The smallest absolute Gasteiger partial charge is 0.224 e. The van der Waals surface area contributed by atoms with Crippen molar-refractivity contribution in [3.8, 4) is 0 Å². The number of halogens is 1. The number of nitrogens with zero attached hydrogens (tertiary/aromatic N) is 2. The average molecular weight is 540 g/mol. The molecular weight excluding hydrogens is 506 g/mol. The van der Waals surface area contributed by atoms with Crippen LogP contribution in [-0.2, 0) is 27.2 Å². The Bertz CT molecular complexity index is 1260. The topological polar surface area (TPSA) is 79.4 Å². The van der Waals surface area contributed by atoms with Crippen molar-refractivity contribution in [1.29, 1.82) is 0 Å². The van der Waals surface area contributed by atoms with Gasteiger partial charge in [-0.2, -0.15) is 0 Å². The average Bonchev–Trinajstić information content (AvgIpc) is 3.23. The lowest BCUT2D eigenvalue weighted by atomic mass is 9.95. The highest BCUT2D eigenvalue weighted by molar-refractivity contribution is 7.18.